The molecule has 1 unspecified atom stereocenters. The van der Waals surface area contributed by atoms with Crippen molar-refractivity contribution in [1.29, 1.82) is 0 Å². The van der Waals surface area contributed by atoms with Gasteiger partial charge in [-0.05, 0) is 56.4 Å². The van der Waals surface area contributed by atoms with Crippen molar-refractivity contribution >= 4 is 40.3 Å². The number of aromatic hydroxyl groups is 1. The summed E-state index contributed by atoms with van der Waals surface area (Å²) in [6.07, 6.45) is 2.32. The minimum Gasteiger partial charge on any atom is -0.503 e. The van der Waals surface area contributed by atoms with Crippen LogP contribution in [0.2, 0.25) is 5.02 Å². The number of fused-ring (bicyclic) bond motifs is 1. The second-order valence-corrected chi connectivity index (χ2v) is 9.26. The first-order valence-electron chi connectivity index (χ1n) is 11.4. The first kappa shape index (κ1) is 24.9. The molecule has 8 nitrogen and oxygen atoms in total. The van der Waals surface area contributed by atoms with Gasteiger partial charge < -0.3 is 19.5 Å². The van der Waals surface area contributed by atoms with Crippen molar-refractivity contribution in [1.82, 2.24) is 14.8 Å². The molecule has 1 N–H and O–H groups in total. The molecule has 1 aliphatic rings. The highest BCUT2D eigenvalue weighted by Gasteiger charge is 2.27. The summed E-state index contributed by atoms with van der Waals surface area (Å²) in [5, 5.41) is 11.2. The van der Waals surface area contributed by atoms with Crippen molar-refractivity contribution in [3.8, 4) is 22.6 Å². The molecule has 0 spiro atoms. The number of nitrogens with zero attached hydrogens (tertiary/aromatic N) is 4. The number of aldehydes is 1. The molecule has 0 radical (unpaired) electrons. The summed E-state index contributed by atoms with van der Waals surface area (Å²) >= 11 is 6.23. The molecule has 0 saturated carbocycles. The average molecular weight is 497 g/mol. The Kier molecular flexibility index (Phi) is 7.25. The van der Waals surface area contributed by atoms with Crippen molar-refractivity contribution in [2.24, 2.45) is 0 Å². The highest BCUT2D eigenvalue weighted by Crippen LogP contribution is 2.40. The molecule has 184 valence electrons. The lowest BCUT2D eigenvalue weighted by atomic mass is 9.99. The number of aromatic nitrogens is 1. The molecule has 4 rings (SSSR count). The maximum Gasteiger partial charge on any atom is 0.176 e. The predicted molar refractivity (Wildman–Crippen MR) is 138 cm³/mol. The molecule has 1 fully saturated rings. The van der Waals surface area contributed by atoms with E-state index in [1.54, 1.807) is 25.3 Å². The maximum atomic E-state index is 12.6. The topological polar surface area (TPSA) is 86.2 Å². The average Bonchev–Trinajstić information content (AvgIpc) is 2.85. The normalized spacial score (nSPS) is 15.4. The summed E-state index contributed by atoms with van der Waals surface area (Å²) in [7, 11) is 5.26. The molecule has 1 aliphatic heterocycles. The van der Waals surface area contributed by atoms with Crippen molar-refractivity contribution in [2.45, 2.75) is 13.1 Å². The number of benzene rings is 2. The van der Waals surface area contributed by atoms with Gasteiger partial charge in [0.1, 0.15) is 6.17 Å². The quantitative estimate of drug-likeness (QED) is 0.391. The van der Waals surface area contributed by atoms with Crippen molar-refractivity contribution < 1.29 is 19.4 Å². The second kappa shape index (κ2) is 10.2. The number of methoxy groups -OCH3 is 1. The molecule has 2 aromatic carbocycles. The van der Waals surface area contributed by atoms with Gasteiger partial charge in [0.05, 0.1) is 28.9 Å². The number of anilines is 1. The second-order valence-electron chi connectivity index (χ2n) is 8.85. The number of carbonyl (C=O) groups is 2. The summed E-state index contributed by atoms with van der Waals surface area (Å²) < 4.78 is 5.27. The van der Waals surface area contributed by atoms with Gasteiger partial charge in [-0.15, -0.1) is 0 Å². The highest BCUT2D eigenvalue weighted by molar-refractivity contribution is 6.32. The summed E-state index contributed by atoms with van der Waals surface area (Å²) in [5.74, 6) is 0.116. The Hall–Kier alpha value is -3.20. The van der Waals surface area contributed by atoms with E-state index in [1.165, 1.54) is 7.11 Å². The smallest absolute Gasteiger partial charge is 0.176 e. The van der Waals surface area contributed by atoms with Crippen LogP contribution in [0.15, 0.2) is 36.5 Å². The van der Waals surface area contributed by atoms with Gasteiger partial charge in [-0.3, -0.25) is 19.6 Å². The number of hydrogen-bond donors (Lipinski definition) is 1. The minimum absolute atomic E-state index is 0.0596. The zero-order valence-electron chi connectivity index (χ0n) is 20.3. The van der Waals surface area contributed by atoms with Gasteiger partial charge in [0.25, 0.3) is 0 Å². The van der Waals surface area contributed by atoms with Crippen LogP contribution in [0.25, 0.3) is 22.0 Å². The molecule has 35 heavy (non-hydrogen) atoms. The molecular weight excluding hydrogens is 468 g/mol. The van der Waals surface area contributed by atoms with E-state index in [9.17, 15) is 14.7 Å². The monoisotopic (exact) mass is 496 g/mol. The molecule has 0 amide bonds. The Morgan fingerprint density at radius 1 is 1.17 bits per heavy atom. The lowest BCUT2D eigenvalue weighted by Gasteiger charge is -2.41. The Morgan fingerprint density at radius 2 is 1.89 bits per heavy atom. The van der Waals surface area contributed by atoms with Crippen LogP contribution in [0.1, 0.15) is 17.3 Å². The Balaban J connectivity index is 1.78. The SMILES string of the molecule is COc1cc(-c2ccc3ncc(C(C)=O)c(N4CCN(C(C=O)N(C)C)CC4)c3c2)cc(Cl)c1O. The number of piperazine rings is 1. The molecule has 2 heterocycles. The van der Waals surface area contributed by atoms with Crippen LogP contribution in [0.4, 0.5) is 5.69 Å². The summed E-state index contributed by atoms with van der Waals surface area (Å²) in [6.45, 7) is 4.26. The van der Waals surface area contributed by atoms with E-state index in [0.717, 1.165) is 34.0 Å². The predicted octanol–water partition coefficient (Wildman–Crippen LogP) is 3.68. The minimum atomic E-state index is -0.278. The van der Waals surface area contributed by atoms with Crippen molar-refractivity contribution in [2.75, 3.05) is 52.3 Å². The number of phenols is 1. The van der Waals surface area contributed by atoms with Gasteiger partial charge in [-0.1, -0.05) is 17.7 Å². The summed E-state index contributed by atoms with van der Waals surface area (Å²) in [6, 6.07) is 9.24. The lowest BCUT2D eigenvalue weighted by Crippen LogP contribution is -2.55. The van der Waals surface area contributed by atoms with Crippen molar-refractivity contribution in [3.05, 3.63) is 47.1 Å². The van der Waals surface area contributed by atoms with Gasteiger partial charge in [-0.2, -0.15) is 0 Å². The van der Waals surface area contributed by atoms with E-state index in [-0.39, 0.29) is 28.5 Å². The third-order valence-electron chi connectivity index (χ3n) is 6.46. The van der Waals surface area contributed by atoms with Crippen LogP contribution < -0.4 is 9.64 Å². The Bertz CT molecular complexity index is 1270. The zero-order valence-corrected chi connectivity index (χ0v) is 21.0. The summed E-state index contributed by atoms with van der Waals surface area (Å²) in [4.78, 5) is 35.0. The molecular formula is C26H29ClN4O4. The van der Waals surface area contributed by atoms with Crippen LogP contribution in [0, 0.1) is 0 Å². The number of likely N-dealkylation sites (N-methyl/N-ethyl adjacent to an activating group) is 1. The molecule has 0 bridgehead atoms. The molecule has 3 aromatic rings. The van der Waals surface area contributed by atoms with Gasteiger partial charge in [0.2, 0.25) is 0 Å². The van der Waals surface area contributed by atoms with E-state index >= 15 is 0 Å². The number of ketones is 1. The first-order valence-corrected chi connectivity index (χ1v) is 11.7. The van der Waals surface area contributed by atoms with E-state index in [4.69, 9.17) is 16.3 Å². The molecule has 1 atom stereocenters. The van der Waals surface area contributed by atoms with Crippen LogP contribution >= 0.6 is 11.6 Å². The number of carbonyl (C=O) groups excluding carboxylic acids is 2. The number of Topliss-reactive ketones (excluding diaryl/α,β-unsaturated/α-hetero) is 1. The number of hydrogen-bond acceptors (Lipinski definition) is 8. The molecule has 1 saturated heterocycles. The third kappa shape index (κ3) is 4.82. The maximum absolute atomic E-state index is 12.6. The van der Waals surface area contributed by atoms with Gasteiger partial charge in [0.15, 0.2) is 23.6 Å². The third-order valence-corrected chi connectivity index (χ3v) is 6.74. The molecule has 1 aromatic heterocycles. The van der Waals surface area contributed by atoms with Crippen molar-refractivity contribution in [3.63, 3.8) is 0 Å². The van der Waals surface area contributed by atoms with Crippen LogP contribution in [0.3, 0.4) is 0 Å². The lowest BCUT2D eigenvalue weighted by molar-refractivity contribution is -0.117. The number of pyridine rings is 1. The number of halogens is 1. The number of ether oxygens (including phenoxy) is 1. The fourth-order valence-electron chi connectivity index (χ4n) is 4.60. The van der Waals surface area contributed by atoms with Crippen LogP contribution in [-0.2, 0) is 4.79 Å². The fraction of sp³-hybridized carbons (Fsp3) is 0.346. The first-order chi connectivity index (χ1) is 16.7. The van der Waals surface area contributed by atoms with Gasteiger partial charge >= 0.3 is 0 Å². The van der Waals surface area contributed by atoms with E-state index in [0.29, 0.717) is 31.7 Å². The largest absolute Gasteiger partial charge is 0.503 e. The number of phenolic OH excluding ortho intramolecular Hbond substituents is 1. The molecule has 9 heteroatoms. The van der Waals surface area contributed by atoms with E-state index in [2.05, 4.69) is 14.8 Å². The highest BCUT2D eigenvalue weighted by atomic mass is 35.5. The Morgan fingerprint density at radius 3 is 2.49 bits per heavy atom. The standard InChI is InChI=1S/C26H29ClN4O4/c1-16(33)20-14-28-22-6-5-17(18-12-21(27)26(34)23(13-18)35-4)11-19(22)25(20)31-9-7-30(8-10-31)24(15-32)29(2)3/h5-6,11-15,24,34H,7-10H2,1-4H3. The van der Waals surface area contributed by atoms with Crippen LogP contribution in [0.5, 0.6) is 11.5 Å². The Labute approximate surface area is 209 Å². The van der Waals surface area contributed by atoms with Gasteiger partial charge in [-0.25, -0.2) is 0 Å². The van der Waals surface area contributed by atoms with E-state index < -0.39 is 0 Å². The fourth-order valence-corrected chi connectivity index (χ4v) is 4.81. The molecule has 0 aliphatic carbocycles. The van der Waals surface area contributed by atoms with E-state index in [1.807, 2.05) is 37.2 Å². The zero-order chi connectivity index (χ0) is 25.3. The number of rotatable bonds is 7. The van der Waals surface area contributed by atoms with Gasteiger partial charge in [0, 0.05) is 37.8 Å². The van der Waals surface area contributed by atoms with Crippen LogP contribution in [-0.4, -0.2) is 85.5 Å². The summed E-state index contributed by atoms with van der Waals surface area (Å²) in [5.41, 5.74) is 3.80.